The first-order chi connectivity index (χ1) is 9.24. The summed E-state index contributed by atoms with van der Waals surface area (Å²) in [4.78, 5) is 16.4. The van der Waals surface area contributed by atoms with Crippen LogP contribution in [0.4, 0.5) is 4.39 Å². The molecular formula is C16H10FNO. The summed E-state index contributed by atoms with van der Waals surface area (Å²) in [5, 5.41) is 1.95. The Kier molecular flexibility index (Phi) is 2.80. The minimum absolute atomic E-state index is 0.203. The number of ketones is 1. The lowest BCUT2D eigenvalue weighted by Gasteiger charge is -2.02. The summed E-state index contributed by atoms with van der Waals surface area (Å²) in [7, 11) is 0. The van der Waals surface area contributed by atoms with Gasteiger partial charge in [0.1, 0.15) is 11.5 Å². The van der Waals surface area contributed by atoms with Gasteiger partial charge in [0.05, 0.1) is 0 Å². The fourth-order valence-corrected chi connectivity index (χ4v) is 1.96. The molecule has 0 spiro atoms. The fraction of sp³-hybridized carbons (Fsp3) is 0. The van der Waals surface area contributed by atoms with Crippen LogP contribution in [0.3, 0.4) is 0 Å². The molecule has 0 saturated carbocycles. The number of carbonyl (C=O) groups is 1. The Balaban J connectivity index is 2.04. The van der Waals surface area contributed by atoms with Gasteiger partial charge in [-0.3, -0.25) is 9.78 Å². The first kappa shape index (κ1) is 11.5. The maximum atomic E-state index is 12.8. The monoisotopic (exact) mass is 251 g/mol. The van der Waals surface area contributed by atoms with Crippen LogP contribution in [0.25, 0.3) is 10.8 Å². The Morgan fingerprint density at radius 2 is 1.63 bits per heavy atom. The van der Waals surface area contributed by atoms with Crippen molar-refractivity contribution in [1.29, 1.82) is 0 Å². The third-order valence-electron chi connectivity index (χ3n) is 2.97. The maximum Gasteiger partial charge on any atom is 0.211 e. The molecular weight excluding hydrogens is 241 g/mol. The Morgan fingerprint density at radius 1 is 0.947 bits per heavy atom. The van der Waals surface area contributed by atoms with E-state index in [4.69, 9.17) is 0 Å². The SMILES string of the molecule is O=C(c1ccc(F)cc1)c1cc2ccccc2cn1. The largest absolute Gasteiger partial charge is 0.287 e. The lowest BCUT2D eigenvalue weighted by atomic mass is 10.1. The fourth-order valence-electron chi connectivity index (χ4n) is 1.96. The molecule has 3 rings (SSSR count). The summed E-state index contributed by atoms with van der Waals surface area (Å²) < 4.78 is 12.8. The van der Waals surface area contributed by atoms with Crippen LogP contribution in [-0.2, 0) is 0 Å². The normalized spacial score (nSPS) is 10.6. The van der Waals surface area contributed by atoms with E-state index in [-0.39, 0.29) is 11.6 Å². The van der Waals surface area contributed by atoms with E-state index in [1.807, 2.05) is 24.3 Å². The van der Waals surface area contributed by atoms with Crippen molar-refractivity contribution >= 4 is 16.6 Å². The summed E-state index contributed by atoms with van der Waals surface area (Å²) >= 11 is 0. The van der Waals surface area contributed by atoms with E-state index in [9.17, 15) is 9.18 Å². The second kappa shape index (κ2) is 4.61. The highest BCUT2D eigenvalue weighted by Crippen LogP contribution is 2.16. The molecule has 0 aliphatic carbocycles. The second-order valence-electron chi connectivity index (χ2n) is 4.25. The number of hydrogen-bond acceptors (Lipinski definition) is 2. The van der Waals surface area contributed by atoms with Gasteiger partial charge in [0.15, 0.2) is 0 Å². The van der Waals surface area contributed by atoms with Gasteiger partial charge in [-0.05, 0) is 35.7 Å². The number of nitrogens with zero attached hydrogens (tertiary/aromatic N) is 1. The van der Waals surface area contributed by atoms with Gasteiger partial charge in [0.2, 0.25) is 5.78 Å². The van der Waals surface area contributed by atoms with E-state index in [2.05, 4.69) is 4.98 Å². The van der Waals surface area contributed by atoms with Crippen molar-refractivity contribution in [3.63, 3.8) is 0 Å². The van der Waals surface area contributed by atoms with Crippen LogP contribution in [0.5, 0.6) is 0 Å². The number of aromatic nitrogens is 1. The lowest BCUT2D eigenvalue weighted by molar-refractivity contribution is 0.103. The Morgan fingerprint density at radius 3 is 2.37 bits per heavy atom. The molecule has 0 aliphatic rings. The molecule has 0 unspecified atom stereocenters. The van der Waals surface area contributed by atoms with Crippen molar-refractivity contribution in [1.82, 2.24) is 4.98 Å². The Bertz CT molecular complexity index is 750. The molecule has 1 heterocycles. The van der Waals surface area contributed by atoms with E-state index >= 15 is 0 Å². The standard InChI is InChI=1S/C16H10FNO/c17-14-7-5-11(6-8-14)16(19)15-9-12-3-1-2-4-13(12)10-18-15/h1-10H. The highest BCUT2D eigenvalue weighted by atomic mass is 19.1. The molecule has 0 fully saturated rings. The van der Waals surface area contributed by atoms with Gasteiger partial charge in [-0.15, -0.1) is 0 Å². The summed E-state index contributed by atoms with van der Waals surface area (Å²) in [6, 6.07) is 14.9. The number of halogens is 1. The van der Waals surface area contributed by atoms with E-state index in [1.54, 1.807) is 12.3 Å². The highest BCUT2D eigenvalue weighted by Gasteiger charge is 2.11. The van der Waals surface area contributed by atoms with Crippen LogP contribution in [0, 0.1) is 5.82 Å². The van der Waals surface area contributed by atoms with E-state index < -0.39 is 0 Å². The minimum Gasteiger partial charge on any atom is -0.287 e. The Hall–Kier alpha value is -2.55. The smallest absolute Gasteiger partial charge is 0.211 e. The molecule has 19 heavy (non-hydrogen) atoms. The number of pyridine rings is 1. The topological polar surface area (TPSA) is 30.0 Å². The van der Waals surface area contributed by atoms with Crippen LogP contribution < -0.4 is 0 Å². The highest BCUT2D eigenvalue weighted by molar-refractivity contribution is 6.09. The van der Waals surface area contributed by atoms with Gasteiger partial charge in [0.25, 0.3) is 0 Å². The maximum absolute atomic E-state index is 12.8. The predicted molar refractivity (Wildman–Crippen MR) is 71.6 cm³/mol. The number of rotatable bonds is 2. The first-order valence-corrected chi connectivity index (χ1v) is 5.89. The summed E-state index contributed by atoms with van der Waals surface area (Å²) in [6.07, 6.45) is 1.67. The molecule has 0 atom stereocenters. The minimum atomic E-state index is -0.358. The first-order valence-electron chi connectivity index (χ1n) is 5.89. The number of carbonyl (C=O) groups excluding carboxylic acids is 1. The van der Waals surface area contributed by atoms with E-state index in [0.29, 0.717) is 11.3 Å². The molecule has 0 N–H and O–H groups in total. The summed E-state index contributed by atoms with van der Waals surface area (Å²) in [6.45, 7) is 0. The van der Waals surface area contributed by atoms with Crippen molar-refractivity contribution in [2.24, 2.45) is 0 Å². The lowest BCUT2D eigenvalue weighted by Crippen LogP contribution is -2.03. The molecule has 3 heteroatoms. The van der Waals surface area contributed by atoms with E-state index in [1.165, 1.54) is 24.3 Å². The van der Waals surface area contributed by atoms with Crippen LogP contribution in [0.15, 0.2) is 60.8 Å². The van der Waals surface area contributed by atoms with Crippen molar-refractivity contribution < 1.29 is 9.18 Å². The van der Waals surface area contributed by atoms with Crippen LogP contribution in [0.1, 0.15) is 16.1 Å². The summed E-state index contributed by atoms with van der Waals surface area (Å²) in [5.74, 6) is -0.561. The third kappa shape index (κ3) is 2.22. The van der Waals surface area contributed by atoms with Gasteiger partial charge in [-0.1, -0.05) is 24.3 Å². The van der Waals surface area contributed by atoms with Gasteiger partial charge in [-0.25, -0.2) is 4.39 Å². The van der Waals surface area contributed by atoms with Crippen LogP contribution in [-0.4, -0.2) is 10.8 Å². The van der Waals surface area contributed by atoms with Gasteiger partial charge in [0, 0.05) is 17.1 Å². The number of hydrogen-bond donors (Lipinski definition) is 0. The van der Waals surface area contributed by atoms with Crippen molar-refractivity contribution in [2.75, 3.05) is 0 Å². The van der Waals surface area contributed by atoms with Gasteiger partial charge in [-0.2, -0.15) is 0 Å². The van der Waals surface area contributed by atoms with Crippen molar-refractivity contribution in [3.05, 3.63) is 77.9 Å². The predicted octanol–water partition coefficient (Wildman–Crippen LogP) is 3.60. The zero-order valence-corrected chi connectivity index (χ0v) is 10.0. The zero-order valence-electron chi connectivity index (χ0n) is 10.0. The quantitative estimate of drug-likeness (QED) is 0.651. The molecule has 0 bridgehead atoms. The average molecular weight is 251 g/mol. The molecule has 0 saturated heterocycles. The van der Waals surface area contributed by atoms with E-state index in [0.717, 1.165) is 10.8 Å². The molecule has 92 valence electrons. The number of benzene rings is 2. The molecule has 3 aromatic rings. The zero-order chi connectivity index (χ0) is 13.2. The van der Waals surface area contributed by atoms with Crippen molar-refractivity contribution in [2.45, 2.75) is 0 Å². The second-order valence-corrected chi connectivity index (χ2v) is 4.25. The third-order valence-corrected chi connectivity index (χ3v) is 2.97. The molecule has 2 aromatic carbocycles. The Labute approximate surface area is 109 Å². The molecule has 0 aliphatic heterocycles. The number of fused-ring (bicyclic) bond motifs is 1. The average Bonchev–Trinajstić information content (AvgIpc) is 2.47. The van der Waals surface area contributed by atoms with Crippen molar-refractivity contribution in [3.8, 4) is 0 Å². The van der Waals surface area contributed by atoms with Gasteiger partial charge < -0.3 is 0 Å². The molecule has 2 nitrogen and oxygen atoms in total. The molecule has 0 amide bonds. The summed E-state index contributed by atoms with van der Waals surface area (Å²) in [5.41, 5.74) is 0.800. The molecule has 0 radical (unpaired) electrons. The van der Waals surface area contributed by atoms with Crippen LogP contribution in [0.2, 0.25) is 0 Å². The van der Waals surface area contributed by atoms with Crippen LogP contribution >= 0.6 is 0 Å². The van der Waals surface area contributed by atoms with Gasteiger partial charge >= 0.3 is 0 Å². The molecule has 1 aromatic heterocycles.